The molecule has 1 atom stereocenters. The van der Waals surface area contributed by atoms with Crippen molar-refractivity contribution in [3.63, 3.8) is 0 Å². The highest BCUT2D eigenvalue weighted by Crippen LogP contribution is 2.24. The number of hydrogen-bond donors (Lipinski definition) is 1. The molecule has 3 aromatic rings. The maximum Gasteiger partial charge on any atom is 0.121 e. The number of ether oxygens (including phenoxy) is 1. The average Bonchev–Trinajstić information content (AvgIpc) is 2.87. The van der Waals surface area contributed by atoms with Crippen LogP contribution in [-0.4, -0.2) is 4.98 Å². The Morgan fingerprint density at radius 3 is 2.67 bits per heavy atom. The first-order valence-electron chi connectivity index (χ1n) is 6.12. The first-order valence-corrected chi connectivity index (χ1v) is 6.12. The zero-order chi connectivity index (χ0) is 12.4. The van der Waals surface area contributed by atoms with Gasteiger partial charge in [0.2, 0.25) is 0 Å². The fraction of sp³-hybridized carbons (Fsp3) is 0.125. The van der Waals surface area contributed by atoms with Crippen LogP contribution in [0.4, 0.5) is 0 Å². The second kappa shape index (κ2) is 4.57. The van der Waals surface area contributed by atoms with Gasteiger partial charge < -0.3 is 9.72 Å². The second-order valence-electron chi connectivity index (χ2n) is 4.40. The lowest BCUT2D eigenvalue weighted by Crippen LogP contribution is -2.02. The quantitative estimate of drug-likeness (QED) is 0.721. The Balaban J connectivity index is 1.83. The number of aromatic nitrogens is 1. The molecular weight excluding hydrogens is 222 g/mol. The van der Waals surface area contributed by atoms with E-state index in [-0.39, 0.29) is 6.10 Å². The number of hydrogen-bond acceptors (Lipinski definition) is 1. The van der Waals surface area contributed by atoms with E-state index in [1.54, 1.807) is 0 Å². The molecule has 1 N–H and O–H groups in total. The molecule has 0 fully saturated rings. The lowest BCUT2D eigenvalue weighted by atomic mass is 10.1. The van der Waals surface area contributed by atoms with Gasteiger partial charge in [0.25, 0.3) is 0 Å². The number of H-pyrrole nitrogens is 1. The summed E-state index contributed by atoms with van der Waals surface area (Å²) < 4.78 is 5.96. The Bertz CT molecular complexity index is 642. The van der Waals surface area contributed by atoms with Crippen LogP contribution in [0.3, 0.4) is 0 Å². The zero-order valence-corrected chi connectivity index (χ0v) is 10.3. The molecule has 2 nitrogen and oxygen atoms in total. The van der Waals surface area contributed by atoms with Crippen LogP contribution in [0, 0.1) is 0 Å². The molecule has 0 saturated heterocycles. The van der Waals surface area contributed by atoms with Crippen molar-refractivity contribution in [2.75, 3.05) is 0 Å². The minimum Gasteiger partial charge on any atom is -0.486 e. The molecule has 90 valence electrons. The molecule has 18 heavy (non-hydrogen) atoms. The fourth-order valence-electron chi connectivity index (χ4n) is 2.10. The van der Waals surface area contributed by atoms with Crippen molar-refractivity contribution in [3.8, 4) is 5.75 Å². The summed E-state index contributed by atoms with van der Waals surface area (Å²) in [6, 6.07) is 18.4. The summed E-state index contributed by atoms with van der Waals surface area (Å²) in [5, 5.41) is 1.17. The van der Waals surface area contributed by atoms with Gasteiger partial charge in [-0.2, -0.15) is 0 Å². The van der Waals surface area contributed by atoms with E-state index < -0.39 is 0 Å². The van der Waals surface area contributed by atoms with Crippen LogP contribution in [0.15, 0.2) is 60.8 Å². The van der Waals surface area contributed by atoms with E-state index in [4.69, 9.17) is 4.74 Å². The molecule has 0 aliphatic rings. The molecular formula is C16H15NO. The normalized spacial score (nSPS) is 12.5. The van der Waals surface area contributed by atoms with Crippen molar-refractivity contribution in [1.29, 1.82) is 0 Å². The molecule has 3 rings (SSSR count). The maximum atomic E-state index is 5.96. The molecule has 1 unspecified atom stereocenters. The summed E-state index contributed by atoms with van der Waals surface area (Å²) in [4.78, 5) is 3.18. The lowest BCUT2D eigenvalue weighted by Gasteiger charge is -2.15. The van der Waals surface area contributed by atoms with Crippen LogP contribution in [0.25, 0.3) is 10.9 Å². The Kier molecular flexibility index (Phi) is 2.77. The third-order valence-corrected chi connectivity index (χ3v) is 3.11. The molecule has 0 bridgehead atoms. The molecule has 0 aliphatic heterocycles. The van der Waals surface area contributed by atoms with E-state index in [1.807, 2.05) is 36.5 Å². The summed E-state index contributed by atoms with van der Waals surface area (Å²) in [6.07, 6.45) is 2.00. The largest absolute Gasteiger partial charge is 0.486 e. The third kappa shape index (κ3) is 2.09. The number of fused-ring (bicyclic) bond motifs is 1. The van der Waals surface area contributed by atoms with Crippen LogP contribution >= 0.6 is 0 Å². The molecule has 2 heteroatoms. The van der Waals surface area contributed by atoms with Crippen molar-refractivity contribution in [2.45, 2.75) is 13.0 Å². The van der Waals surface area contributed by atoms with Gasteiger partial charge in [0, 0.05) is 17.1 Å². The summed E-state index contributed by atoms with van der Waals surface area (Å²) >= 11 is 0. The molecule has 1 heterocycles. The summed E-state index contributed by atoms with van der Waals surface area (Å²) in [6.45, 7) is 2.07. The monoisotopic (exact) mass is 237 g/mol. The van der Waals surface area contributed by atoms with Gasteiger partial charge in [-0.25, -0.2) is 0 Å². The number of aromatic amines is 1. The Hall–Kier alpha value is -2.22. The number of benzene rings is 2. The van der Waals surface area contributed by atoms with Crippen LogP contribution in [0.5, 0.6) is 5.75 Å². The van der Waals surface area contributed by atoms with Crippen molar-refractivity contribution in [3.05, 3.63) is 66.4 Å². The van der Waals surface area contributed by atoms with Gasteiger partial charge in [0.15, 0.2) is 0 Å². The first-order chi connectivity index (χ1) is 8.83. The first kappa shape index (κ1) is 10.9. The van der Waals surface area contributed by atoms with Gasteiger partial charge in [-0.1, -0.05) is 30.3 Å². The topological polar surface area (TPSA) is 25.0 Å². The van der Waals surface area contributed by atoms with Crippen molar-refractivity contribution < 1.29 is 4.74 Å². The fourth-order valence-corrected chi connectivity index (χ4v) is 2.10. The standard InChI is InChI=1S/C16H15NO/c1-12(13-5-3-2-4-6-13)18-15-7-8-16-14(11-15)9-10-17-16/h2-12,17H,1H3. The minimum atomic E-state index is 0.0580. The Labute approximate surface area is 106 Å². The molecule has 2 aromatic carbocycles. The van der Waals surface area contributed by atoms with E-state index in [1.165, 1.54) is 10.9 Å². The van der Waals surface area contributed by atoms with Crippen molar-refractivity contribution in [1.82, 2.24) is 4.98 Å². The van der Waals surface area contributed by atoms with E-state index in [0.29, 0.717) is 0 Å². The summed E-state index contributed by atoms with van der Waals surface area (Å²) in [5.41, 5.74) is 2.32. The molecule has 0 amide bonds. The predicted molar refractivity (Wildman–Crippen MR) is 73.8 cm³/mol. The third-order valence-electron chi connectivity index (χ3n) is 3.11. The van der Waals surface area contributed by atoms with E-state index in [2.05, 4.69) is 36.2 Å². The molecule has 0 aliphatic carbocycles. The molecule has 0 saturated carbocycles. The van der Waals surface area contributed by atoms with Crippen molar-refractivity contribution >= 4 is 10.9 Å². The van der Waals surface area contributed by atoms with Gasteiger partial charge in [-0.05, 0) is 36.8 Å². The van der Waals surface area contributed by atoms with Crippen LogP contribution < -0.4 is 4.74 Å². The Morgan fingerprint density at radius 1 is 1.00 bits per heavy atom. The number of nitrogens with one attached hydrogen (secondary N) is 1. The smallest absolute Gasteiger partial charge is 0.121 e. The van der Waals surface area contributed by atoms with E-state index in [9.17, 15) is 0 Å². The van der Waals surface area contributed by atoms with Gasteiger partial charge in [0.05, 0.1) is 0 Å². The highest BCUT2D eigenvalue weighted by atomic mass is 16.5. The highest BCUT2D eigenvalue weighted by Gasteiger charge is 2.07. The highest BCUT2D eigenvalue weighted by molar-refractivity contribution is 5.80. The molecule has 0 radical (unpaired) electrons. The lowest BCUT2D eigenvalue weighted by molar-refractivity contribution is 0.227. The summed E-state index contributed by atoms with van der Waals surface area (Å²) in [7, 11) is 0. The van der Waals surface area contributed by atoms with E-state index >= 15 is 0 Å². The minimum absolute atomic E-state index is 0.0580. The average molecular weight is 237 g/mol. The molecule has 0 spiro atoms. The maximum absolute atomic E-state index is 5.96. The predicted octanol–water partition coefficient (Wildman–Crippen LogP) is 4.31. The van der Waals surface area contributed by atoms with Gasteiger partial charge in [-0.3, -0.25) is 0 Å². The van der Waals surface area contributed by atoms with Crippen LogP contribution in [0.1, 0.15) is 18.6 Å². The number of rotatable bonds is 3. The van der Waals surface area contributed by atoms with Gasteiger partial charge in [-0.15, -0.1) is 0 Å². The zero-order valence-electron chi connectivity index (χ0n) is 10.3. The van der Waals surface area contributed by atoms with E-state index in [0.717, 1.165) is 11.3 Å². The molecule has 1 aromatic heterocycles. The van der Waals surface area contributed by atoms with Gasteiger partial charge >= 0.3 is 0 Å². The summed E-state index contributed by atoms with van der Waals surface area (Å²) in [5.74, 6) is 0.901. The van der Waals surface area contributed by atoms with Crippen LogP contribution in [0.2, 0.25) is 0 Å². The second-order valence-corrected chi connectivity index (χ2v) is 4.40. The Morgan fingerprint density at radius 2 is 1.83 bits per heavy atom. The van der Waals surface area contributed by atoms with Gasteiger partial charge in [0.1, 0.15) is 11.9 Å². The van der Waals surface area contributed by atoms with Crippen molar-refractivity contribution in [2.24, 2.45) is 0 Å². The van der Waals surface area contributed by atoms with Crippen LogP contribution in [-0.2, 0) is 0 Å². The SMILES string of the molecule is CC(Oc1ccc2[nH]ccc2c1)c1ccccc1.